The summed E-state index contributed by atoms with van der Waals surface area (Å²) < 4.78 is 16.7. The van der Waals surface area contributed by atoms with Gasteiger partial charge in [0.05, 0.1) is 20.3 Å². The minimum absolute atomic E-state index is 0.416. The lowest BCUT2D eigenvalue weighted by molar-refractivity contribution is -0.0279. The summed E-state index contributed by atoms with van der Waals surface area (Å²) in [7, 11) is 5.28. The van der Waals surface area contributed by atoms with E-state index in [9.17, 15) is 0 Å². The molecule has 0 spiro atoms. The van der Waals surface area contributed by atoms with E-state index in [1.54, 1.807) is 14.2 Å². The zero-order chi connectivity index (χ0) is 17.6. The molecule has 140 valence electrons. The van der Waals surface area contributed by atoms with Gasteiger partial charge in [0, 0.05) is 51.4 Å². The summed E-state index contributed by atoms with van der Waals surface area (Å²) in [6, 6.07) is 6.73. The van der Waals surface area contributed by atoms with Gasteiger partial charge < -0.3 is 14.2 Å². The van der Waals surface area contributed by atoms with Crippen LogP contribution in [0.2, 0.25) is 0 Å². The van der Waals surface area contributed by atoms with Crippen molar-refractivity contribution in [3.8, 4) is 11.5 Å². The molecule has 0 aromatic heterocycles. The SMILES string of the molecule is COc1cccc(CN2CCN(C3CCCCC3OC)CC2)c1OC. The summed E-state index contributed by atoms with van der Waals surface area (Å²) in [5, 5.41) is 0. The molecule has 0 N–H and O–H groups in total. The molecule has 5 heteroatoms. The Morgan fingerprint density at radius 2 is 1.72 bits per heavy atom. The zero-order valence-electron chi connectivity index (χ0n) is 15.9. The van der Waals surface area contributed by atoms with Gasteiger partial charge in [-0.1, -0.05) is 25.0 Å². The van der Waals surface area contributed by atoms with E-state index in [0.717, 1.165) is 44.2 Å². The summed E-state index contributed by atoms with van der Waals surface area (Å²) in [5.41, 5.74) is 1.20. The van der Waals surface area contributed by atoms with Crippen LogP contribution in [0.3, 0.4) is 0 Å². The van der Waals surface area contributed by atoms with Gasteiger partial charge in [0.1, 0.15) is 0 Å². The Morgan fingerprint density at radius 3 is 2.40 bits per heavy atom. The fourth-order valence-corrected chi connectivity index (χ4v) is 4.34. The van der Waals surface area contributed by atoms with Gasteiger partial charge in [0.15, 0.2) is 11.5 Å². The van der Waals surface area contributed by atoms with Gasteiger partial charge in [-0.3, -0.25) is 9.80 Å². The fourth-order valence-electron chi connectivity index (χ4n) is 4.34. The van der Waals surface area contributed by atoms with Crippen molar-refractivity contribution in [3.63, 3.8) is 0 Å². The van der Waals surface area contributed by atoms with Crippen LogP contribution in [-0.4, -0.2) is 69.5 Å². The molecular formula is C20H32N2O3. The molecule has 2 aliphatic rings. The molecule has 5 nitrogen and oxygen atoms in total. The number of piperazine rings is 1. The average Bonchev–Trinajstić information content (AvgIpc) is 2.68. The first-order valence-corrected chi connectivity index (χ1v) is 9.46. The monoisotopic (exact) mass is 348 g/mol. The average molecular weight is 348 g/mol. The van der Waals surface area contributed by atoms with Crippen LogP contribution in [0.4, 0.5) is 0 Å². The highest BCUT2D eigenvalue weighted by Gasteiger charge is 2.32. The third-order valence-electron chi connectivity index (χ3n) is 5.72. The highest BCUT2D eigenvalue weighted by Crippen LogP contribution is 2.32. The maximum absolute atomic E-state index is 5.75. The van der Waals surface area contributed by atoms with E-state index >= 15 is 0 Å². The van der Waals surface area contributed by atoms with Crippen molar-refractivity contribution in [2.75, 3.05) is 47.5 Å². The van der Waals surface area contributed by atoms with Crippen LogP contribution in [0.1, 0.15) is 31.2 Å². The van der Waals surface area contributed by atoms with Gasteiger partial charge >= 0.3 is 0 Å². The summed E-state index contributed by atoms with van der Waals surface area (Å²) in [6.45, 7) is 5.33. The van der Waals surface area contributed by atoms with Crippen LogP contribution in [0.5, 0.6) is 11.5 Å². The van der Waals surface area contributed by atoms with E-state index in [4.69, 9.17) is 14.2 Å². The van der Waals surface area contributed by atoms with Gasteiger partial charge in [-0.25, -0.2) is 0 Å². The summed E-state index contributed by atoms with van der Waals surface area (Å²) in [6.07, 6.45) is 5.56. The maximum atomic E-state index is 5.75. The summed E-state index contributed by atoms with van der Waals surface area (Å²) in [5.74, 6) is 1.67. The smallest absolute Gasteiger partial charge is 0.165 e. The molecule has 25 heavy (non-hydrogen) atoms. The van der Waals surface area contributed by atoms with Crippen molar-refractivity contribution in [3.05, 3.63) is 23.8 Å². The minimum atomic E-state index is 0.416. The third-order valence-corrected chi connectivity index (χ3v) is 5.72. The molecule has 2 unspecified atom stereocenters. The predicted molar refractivity (Wildman–Crippen MR) is 99.4 cm³/mol. The van der Waals surface area contributed by atoms with Crippen molar-refractivity contribution in [1.29, 1.82) is 0 Å². The normalized spacial score (nSPS) is 25.7. The minimum Gasteiger partial charge on any atom is -0.493 e. The number of benzene rings is 1. The topological polar surface area (TPSA) is 34.2 Å². The molecule has 1 aromatic carbocycles. The molecular weight excluding hydrogens is 316 g/mol. The van der Waals surface area contributed by atoms with Crippen molar-refractivity contribution in [2.45, 2.75) is 44.4 Å². The number of ether oxygens (including phenoxy) is 3. The summed E-state index contributed by atoms with van der Waals surface area (Å²) >= 11 is 0. The molecule has 1 aliphatic heterocycles. The van der Waals surface area contributed by atoms with E-state index in [0.29, 0.717) is 12.1 Å². The second-order valence-electron chi connectivity index (χ2n) is 7.09. The van der Waals surface area contributed by atoms with Crippen molar-refractivity contribution in [2.24, 2.45) is 0 Å². The Hall–Kier alpha value is -1.30. The largest absolute Gasteiger partial charge is 0.493 e. The lowest BCUT2D eigenvalue weighted by atomic mass is 9.90. The third kappa shape index (κ3) is 4.27. The Balaban J connectivity index is 1.58. The van der Waals surface area contributed by atoms with Crippen molar-refractivity contribution < 1.29 is 14.2 Å². The first-order valence-electron chi connectivity index (χ1n) is 9.46. The number of rotatable bonds is 6. The zero-order valence-corrected chi connectivity index (χ0v) is 15.9. The predicted octanol–water partition coefficient (Wildman–Crippen LogP) is 2.78. The van der Waals surface area contributed by atoms with Crippen LogP contribution in [0, 0.1) is 0 Å². The van der Waals surface area contributed by atoms with E-state index in [1.165, 1.54) is 31.2 Å². The van der Waals surface area contributed by atoms with E-state index in [1.807, 2.05) is 19.2 Å². The standard InChI is InChI=1S/C20H32N2O3/c1-23-18-9-5-4-8-17(18)22-13-11-21(12-14-22)15-16-7-6-10-19(24-2)20(16)25-3/h6-7,10,17-18H,4-5,8-9,11-15H2,1-3H3. The highest BCUT2D eigenvalue weighted by molar-refractivity contribution is 5.46. The highest BCUT2D eigenvalue weighted by atomic mass is 16.5. The molecule has 2 fully saturated rings. The van der Waals surface area contributed by atoms with Gasteiger partial charge in [0.25, 0.3) is 0 Å². The molecule has 0 amide bonds. The second-order valence-corrected chi connectivity index (χ2v) is 7.09. The van der Waals surface area contributed by atoms with Gasteiger partial charge in [-0.15, -0.1) is 0 Å². The van der Waals surface area contributed by atoms with Crippen LogP contribution in [-0.2, 0) is 11.3 Å². The second kappa shape index (κ2) is 8.88. The lowest BCUT2D eigenvalue weighted by Crippen LogP contribution is -2.54. The van der Waals surface area contributed by atoms with Crippen LogP contribution in [0.25, 0.3) is 0 Å². The van der Waals surface area contributed by atoms with E-state index in [2.05, 4.69) is 15.9 Å². The first kappa shape index (κ1) is 18.5. The van der Waals surface area contributed by atoms with E-state index in [-0.39, 0.29) is 0 Å². The number of hydrogen-bond acceptors (Lipinski definition) is 5. The van der Waals surface area contributed by atoms with Gasteiger partial charge in [-0.2, -0.15) is 0 Å². The molecule has 1 saturated heterocycles. The van der Waals surface area contributed by atoms with Gasteiger partial charge in [0.2, 0.25) is 0 Å². The molecule has 1 heterocycles. The quantitative estimate of drug-likeness (QED) is 0.790. The Labute approximate surface area is 151 Å². The van der Waals surface area contributed by atoms with Crippen LogP contribution < -0.4 is 9.47 Å². The molecule has 2 atom stereocenters. The molecule has 1 aliphatic carbocycles. The van der Waals surface area contributed by atoms with Crippen LogP contribution in [0.15, 0.2) is 18.2 Å². The van der Waals surface area contributed by atoms with Gasteiger partial charge in [-0.05, 0) is 18.9 Å². The maximum Gasteiger partial charge on any atom is 0.165 e. The van der Waals surface area contributed by atoms with Crippen molar-refractivity contribution >= 4 is 0 Å². The van der Waals surface area contributed by atoms with Crippen LogP contribution >= 0.6 is 0 Å². The van der Waals surface area contributed by atoms with Crippen molar-refractivity contribution in [1.82, 2.24) is 9.80 Å². The first-order chi connectivity index (χ1) is 12.3. The molecule has 1 aromatic rings. The molecule has 3 rings (SSSR count). The number of para-hydroxylation sites is 1. The Morgan fingerprint density at radius 1 is 0.960 bits per heavy atom. The molecule has 1 saturated carbocycles. The van der Waals surface area contributed by atoms with E-state index < -0.39 is 0 Å². The number of methoxy groups -OCH3 is 3. The number of nitrogens with zero attached hydrogens (tertiary/aromatic N) is 2. The fraction of sp³-hybridized carbons (Fsp3) is 0.700. The molecule has 0 radical (unpaired) electrons. The number of hydrogen-bond donors (Lipinski definition) is 0. The Kier molecular flexibility index (Phi) is 6.57. The summed E-state index contributed by atoms with van der Waals surface area (Å²) in [4.78, 5) is 5.16. The Bertz CT molecular complexity index is 544. The lowest BCUT2D eigenvalue weighted by Gasteiger charge is -2.43. The molecule has 0 bridgehead atoms.